The predicted molar refractivity (Wildman–Crippen MR) is 46.2 cm³/mol. The molecule has 0 bridgehead atoms. The molecule has 0 aromatic rings. The Morgan fingerprint density at radius 3 is 1.67 bits per heavy atom. The first-order valence-electron chi connectivity index (χ1n) is 3.56. The van der Waals surface area contributed by atoms with Crippen molar-refractivity contribution in [1.82, 2.24) is 0 Å². The Balaban J connectivity index is 0. The normalized spacial score (nSPS) is 10.7. The molecular weight excluding hydrogens is 132 g/mol. The highest BCUT2D eigenvalue weighted by molar-refractivity contribution is 5.85. The van der Waals surface area contributed by atoms with E-state index >= 15 is 0 Å². The number of unbranched alkanes of at least 4 members (excludes halogenated alkanes) is 1. The monoisotopic (exact) mass is 150 g/mol. The third-order valence-corrected chi connectivity index (χ3v) is 1.28. The number of hydrogen-bond acceptors (Lipinski definition) is 0. The molecule has 0 aromatic heterocycles. The van der Waals surface area contributed by atoms with Crippen LogP contribution in [0.1, 0.15) is 47.0 Å². The summed E-state index contributed by atoms with van der Waals surface area (Å²) in [5.41, 5.74) is 0.552. The van der Waals surface area contributed by atoms with Crippen molar-refractivity contribution >= 4 is 12.4 Å². The molecule has 0 aliphatic rings. The zero-order chi connectivity index (χ0) is 6.62. The van der Waals surface area contributed by atoms with Crippen molar-refractivity contribution in [2.45, 2.75) is 47.0 Å². The van der Waals surface area contributed by atoms with Gasteiger partial charge in [-0.25, -0.2) is 0 Å². The molecule has 0 aliphatic heterocycles. The molecule has 58 valence electrons. The van der Waals surface area contributed by atoms with Crippen LogP contribution < -0.4 is 0 Å². The first-order valence-corrected chi connectivity index (χ1v) is 3.56. The Morgan fingerprint density at radius 2 is 1.56 bits per heavy atom. The molecule has 0 spiro atoms. The van der Waals surface area contributed by atoms with E-state index in [0.29, 0.717) is 5.41 Å². The van der Waals surface area contributed by atoms with E-state index < -0.39 is 0 Å². The molecule has 0 atom stereocenters. The van der Waals surface area contributed by atoms with E-state index in [1.807, 2.05) is 0 Å². The highest BCUT2D eigenvalue weighted by Gasteiger charge is 2.07. The lowest BCUT2D eigenvalue weighted by molar-refractivity contribution is 0.363. The average Bonchev–Trinajstić information content (AvgIpc) is 1.59. The molecule has 0 rings (SSSR count). The maximum atomic E-state index is 2.29. The van der Waals surface area contributed by atoms with Crippen LogP contribution in [0.15, 0.2) is 0 Å². The van der Waals surface area contributed by atoms with Gasteiger partial charge in [-0.3, -0.25) is 0 Å². The van der Waals surface area contributed by atoms with Crippen LogP contribution in [0.25, 0.3) is 0 Å². The van der Waals surface area contributed by atoms with Gasteiger partial charge < -0.3 is 0 Å². The van der Waals surface area contributed by atoms with Gasteiger partial charge in [0.15, 0.2) is 0 Å². The highest BCUT2D eigenvalue weighted by atomic mass is 35.5. The second-order valence-corrected chi connectivity index (χ2v) is 3.66. The zero-order valence-corrected chi connectivity index (χ0v) is 7.85. The van der Waals surface area contributed by atoms with Crippen LogP contribution in [0.3, 0.4) is 0 Å². The zero-order valence-electron chi connectivity index (χ0n) is 7.03. The Morgan fingerprint density at radius 1 is 1.11 bits per heavy atom. The molecule has 0 amide bonds. The van der Waals surface area contributed by atoms with Crippen LogP contribution >= 0.6 is 12.4 Å². The van der Waals surface area contributed by atoms with Gasteiger partial charge in [-0.1, -0.05) is 40.5 Å². The summed E-state index contributed by atoms with van der Waals surface area (Å²) < 4.78 is 0. The molecule has 0 nitrogen and oxygen atoms in total. The van der Waals surface area contributed by atoms with E-state index in [1.165, 1.54) is 19.3 Å². The van der Waals surface area contributed by atoms with E-state index in [0.717, 1.165) is 0 Å². The third kappa shape index (κ3) is 11.7. The summed E-state index contributed by atoms with van der Waals surface area (Å²) in [6, 6.07) is 0. The Bertz CT molecular complexity index is 52.1. The van der Waals surface area contributed by atoms with Crippen LogP contribution in [-0.2, 0) is 0 Å². The fourth-order valence-corrected chi connectivity index (χ4v) is 0.707. The van der Waals surface area contributed by atoms with Crippen LogP contribution in [0.5, 0.6) is 0 Å². The SMILES string of the molecule is CCCCC(C)(C)C.Cl. The van der Waals surface area contributed by atoms with Crippen molar-refractivity contribution in [3.05, 3.63) is 0 Å². The van der Waals surface area contributed by atoms with Gasteiger partial charge in [-0.15, -0.1) is 12.4 Å². The van der Waals surface area contributed by atoms with Crippen LogP contribution in [0, 0.1) is 5.41 Å². The van der Waals surface area contributed by atoms with Crippen LogP contribution in [-0.4, -0.2) is 0 Å². The summed E-state index contributed by atoms with van der Waals surface area (Å²) in [5, 5.41) is 0. The first-order chi connectivity index (χ1) is 3.56. The Labute approximate surface area is 65.4 Å². The lowest BCUT2D eigenvalue weighted by Gasteiger charge is -2.16. The quantitative estimate of drug-likeness (QED) is 0.564. The Kier molecular flexibility index (Phi) is 6.81. The minimum Gasteiger partial charge on any atom is -0.147 e. The lowest BCUT2D eigenvalue weighted by Crippen LogP contribution is -2.03. The fourth-order valence-electron chi connectivity index (χ4n) is 0.707. The van der Waals surface area contributed by atoms with Gasteiger partial charge in [0.2, 0.25) is 0 Å². The molecule has 9 heavy (non-hydrogen) atoms. The van der Waals surface area contributed by atoms with Crippen molar-refractivity contribution in [3.63, 3.8) is 0 Å². The van der Waals surface area contributed by atoms with Gasteiger partial charge in [0, 0.05) is 0 Å². The molecule has 0 aromatic carbocycles. The van der Waals surface area contributed by atoms with E-state index in [1.54, 1.807) is 0 Å². The molecule has 0 saturated carbocycles. The molecule has 0 N–H and O–H groups in total. The summed E-state index contributed by atoms with van der Waals surface area (Å²) in [7, 11) is 0. The third-order valence-electron chi connectivity index (χ3n) is 1.28. The lowest BCUT2D eigenvalue weighted by atomic mass is 9.90. The minimum atomic E-state index is 0. The topological polar surface area (TPSA) is 0 Å². The molecule has 0 fully saturated rings. The summed E-state index contributed by atoms with van der Waals surface area (Å²) in [6.07, 6.45) is 4.07. The van der Waals surface area contributed by atoms with Gasteiger partial charge in [-0.2, -0.15) is 0 Å². The second kappa shape index (κ2) is 5.10. The number of halogens is 1. The van der Waals surface area contributed by atoms with Crippen LogP contribution in [0.2, 0.25) is 0 Å². The Hall–Kier alpha value is 0.290. The van der Waals surface area contributed by atoms with Gasteiger partial charge in [0.1, 0.15) is 0 Å². The standard InChI is InChI=1S/C8H18.ClH/c1-5-6-7-8(2,3)4;/h5-7H2,1-4H3;1H. The fraction of sp³-hybridized carbons (Fsp3) is 1.00. The van der Waals surface area contributed by atoms with Gasteiger partial charge in [-0.05, 0) is 11.8 Å². The molecule has 1 heteroatoms. The van der Waals surface area contributed by atoms with Crippen molar-refractivity contribution in [1.29, 1.82) is 0 Å². The van der Waals surface area contributed by atoms with Crippen molar-refractivity contribution in [2.75, 3.05) is 0 Å². The largest absolute Gasteiger partial charge is 0.147 e. The first kappa shape index (κ1) is 12.0. The molecule has 0 heterocycles. The summed E-state index contributed by atoms with van der Waals surface area (Å²) in [5.74, 6) is 0. The molecule has 0 unspecified atom stereocenters. The van der Waals surface area contributed by atoms with Gasteiger partial charge >= 0.3 is 0 Å². The highest BCUT2D eigenvalue weighted by Crippen LogP contribution is 2.20. The van der Waals surface area contributed by atoms with Crippen molar-refractivity contribution in [2.24, 2.45) is 5.41 Å². The molecular formula is C8H19Cl. The minimum absolute atomic E-state index is 0. The summed E-state index contributed by atoms with van der Waals surface area (Å²) >= 11 is 0. The van der Waals surface area contributed by atoms with Gasteiger partial charge in [0.05, 0.1) is 0 Å². The maximum absolute atomic E-state index is 2.29. The average molecular weight is 151 g/mol. The van der Waals surface area contributed by atoms with E-state index in [-0.39, 0.29) is 12.4 Å². The maximum Gasteiger partial charge on any atom is -0.0383 e. The molecule has 0 saturated heterocycles. The van der Waals surface area contributed by atoms with E-state index in [4.69, 9.17) is 0 Å². The van der Waals surface area contributed by atoms with Crippen LogP contribution in [0.4, 0.5) is 0 Å². The predicted octanol–water partition coefficient (Wildman–Crippen LogP) is 3.64. The molecule has 0 radical (unpaired) electrons. The van der Waals surface area contributed by atoms with E-state index in [2.05, 4.69) is 27.7 Å². The summed E-state index contributed by atoms with van der Waals surface area (Å²) in [6.45, 7) is 9.12. The number of rotatable bonds is 2. The van der Waals surface area contributed by atoms with Gasteiger partial charge in [0.25, 0.3) is 0 Å². The van der Waals surface area contributed by atoms with Crippen molar-refractivity contribution in [3.8, 4) is 0 Å². The molecule has 0 aliphatic carbocycles. The summed E-state index contributed by atoms with van der Waals surface area (Å²) in [4.78, 5) is 0. The van der Waals surface area contributed by atoms with E-state index in [9.17, 15) is 0 Å². The smallest absolute Gasteiger partial charge is 0.0383 e. The number of hydrogen-bond donors (Lipinski definition) is 0. The second-order valence-electron chi connectivity index (χ2n) is 3.66. The van der Waals surface area contributed by atoms with Crippen molar-refractivity contribution < 1.29 is 0 Å².